The molecule has 82 valence electrons. The predicted molar refractivity (Wildman–Crippen MR) is 61.9 cm³/mol. The van der Waals surface area contributed by atoms with E-state index in [-0.39, 0.29) is 0 Å². The van der Waals surface area contributed by atoms with Gasteiger partial charge >= 0.3 is 0 Å². The number of ether oxygens (including phenoxy) is 1. The first-order valence-electron chi connectivity index (χ1n) is 4.99. The van der Waals surface area contributed by atoms with Gasteiger partial charge in [0.25, 0.3) is 0 Å². The van der Waals surface area contributed by atoms with Crippen LogP contribution < -0.4 is 10.1 Å². The Labute approximate surface area is 96.5 Å². The number of nitrogens with zero attached hydrogens (tertiary/aromatic N) is 3. The third kappa shape index (κ3) is 1.61. The summed E-state index contributed by atoms with van der Waals surface area (Å²) in [5.41, 5.74) is 0. The van der Waals surface area contributed by atoms with Gasteiger partial charge in [-0.2, -0.15) is 0 Å². The molecule has 0 unspecified atom stereocenters. The van der Waals surface area contributed by atoms with Gasteiger partial charge in [-0.05, 0) is 6.92 Å². The number of fused-ring (bicyclic) bond motifs is 1. The highest BCUT2D eigenvalue weighted by molar-refractivity contribution is 7.14. The molecule has 6 heteroatoms. The average Bonchev–Trinajstić information content (AvgIpc) is 2.75. The fourth-order valence-corrected chi connectivity index (χ4v) is 2.24. The third-order valence-corrected chi connectivity index (χ3v) is 3.16. The third-order valence-electron chi connectivity index (χ3n) is 2.25. The molecular formula is C10H10N4OS. The van der Waals surface area contributed by atoms with Gasteiger partial charge in [0.05, 0.1) is 22.6 Å². The maximum atomic E-state index is 5.42. The molecule has 0 aromatic carbocycles. The second-order valence-corrected chi connectivity index (χ2v) is 4.66. The van der Waals surface area contributed by atoms with Gasteiger partial charge in [0.15, 0.2) is 17.4 Å². The van der Waals surface area contributed by atoms with Gasteiger partial charge in [-0.1, -0.05) is 0 Å². The summed E-state index contributed by atoms with van der Waals surface area (Å²) in [4.78, 5) is 13.9. The quantitative estimate of drug-likeness (QED) is 0.814. The van der Waals surface area contributed by atoms with E-state index in [1.807, 2.05) is 6.92 Å². The summed E-state index contributed by atoms with van der Waals surface area (Å²) in [7, 11) is 0. The van der Waals surface area contributed by atoms with Gasteiger partial charge < -0.3 is 10.1 Å². The lowest BCUT2D eigenvalue weighted by molar-refractivity contribution is 0.320. The molecule has 0 saturated heterocycles. The Morgan fingerprint density at radius 3 is 3.12 bits per heavy atom. The van der Waals surface area contributed by atoms with E-state index in [0.29, 0.717) is 12.4 Å². The summed E-state index contributed by atoms with van der Waals surface area (Å²) in [6.07, 6.45) is 3.50. The molecule has 0 aliphatic carbocycles. The average molecular weight is 234 g/mol. The minimum atomic E-state index is 0.662. The summed E-state index contributed by atoms with van der Waals surface area (Å²) in [5.74, 6) is 2.18. The lowest BCUT2D eigenvalue weighted by Crippen LogP contribution is -2.19. The summed E-state index contributed by atoms with van der Waals surface area (Å²) in [6, 6.07) is 0. The predicted octanol–water partition coefficient (Wildman–Crippen LogP) is 1.71. The molecule has 1 aliphatic heterocycles. The zero-order chi connectivity index (χ0) is 11.0. The van der Waals surface area contributed by atoms with Crippen molar-refractivity contribution >= 4 is 17.2 Å². The van der Waals surface area contributed by atoms with Crippen LogP contribution in [0.25, 0.3) is 10.7 Å². The van der Waals surface area contributed by atoms with E-state index in [4.69, 9.17) is 4.74 Å². The molecule has 1 N–H and O–H groups in total. The van der Waals surface area contributed by atoms with E-state index < -0.39 is 0 Å². The van der Waals surface area contributed by atoms with Gasteiger partial charge in [-0.25, -0.2) is 15.0 Å². The maximum absolute atomic E-state index is 5.42. The molecule has 0 bridgehead atoms. The number of rotatable bonds is 1. The number of anilines is 1. The van der Waals surface area contributed by atoms with E-state index in [1.54, 1.807) is 23.7 Å². The second kappa shape index (κ2) is 3.71. The Morgan fingerprint density at radius 1 is 1.38 bits per heavy atom. The first kappa shape index (κ1) is 9.53. The molecule has 2 aromatic rings. The number of nitrogens with one attached hydrogen (secondary N) is 1. The molecule has 0 radical (unpaired) electrons. The molecule has 3 heterocycles. The van der Waals surface area contributed by atoms with Crippen molar-refractivity contribution in [3.63, 3.8) is 0 Å². The van der Waals surface area contributed by atoms with Crippen LogP contribution in [0, 0.1) is 6.92 Å². The largest absolute Gasteiger partial charge is 0.486 e. The van der Waals surface area contributed by atoms with Crippen molar-refractivity contribution in [2.24, 2.45) is 0 Å². The van der Waals surface area contributed by atoms with E-state index in [2.05, 4.69) is 20.3 Å². The van der Waals surface area contributed by atoms with E-state index >= 15 is 0 Å². The van der Waals surface area contributed by atoms with Gasteiger partial charge in [-0.15, -0.1) is 11.3 Å². The van der Waals surface area contributed by atoms with Gasteiger partial charge in [0.2, 0.25) is 0 Å². The topological polar surface area (TPSA) is 59.9 Å². The van der Waals surface area contributed by atoms with Gasteiger partial charge in [-0.3, -0.25) is 0 Å². The second-order valence-electron chi connectivity index (χ2n) is 3.43. The highest BCUT2D eigenvalue weighted by atomic mass is 32.1. The number of hydrogen-bond acceptors (Lipinski definition) is 6. The molecule has 3 rings (SSSR count). The first-order valence-corrected chi connectivity index (χ1v) is 5.81. The van der Waals surface area contributed by atoms with Crippen LogP contribution in [-0.2, 0) is 0 Å². The summed E-state index contributed by atoms with van der Waals surface area (Å²) in [6.45, 7) is 3.41. The van der Waals surface area contributed by atoms with Crippen LogP contribution in [0.15, 0.2) is 12.4 Å². The Bertz CT molecular complexity index is 525. The van der Waals surface area contributed by atoms with Crippen LogP contribution in [0.3, 0.4) is 0 Å². The van der Waals surface area contributed by atoms with Crippen LogP contribution in [0.1, 0.15) is 5.01 Å². The molecule has 0 saturated carbocycles. The van der Waals surface area contributed by atoms with Crippen molar-refractivity contribution in [1.82, 2.24) is 15.0 Å². The lowest BCUT2D eigenvalue weighted by atomic mass is 10.4. The molecule has 0 fully saturated rings. The van der Waals surface area contributed by atoms with Crippen LogP contribution in [0.4, 0.5) is 5.82 Å². The SMILES string of the molecule is Cc1ncc(-c2ncc3c(n2)NCCO3)s1. The number of aromatic nitrogens is 3. The minimum Gasteiger partial charge on any atom is -0.486 e. The zero-order valence-electron chi connectivity index (χ0n) is 8.73. The molecule has 0 amide bonds. The molecule has 1 aliphatic rings. The normalized spacial score (nSPS) is 13.8. The van der Waals surface area contributed by atoms with Crippen LogP contribution >= 0.6 is 11.3 Å². The Balaban J connectivity index is 2.02. The fourth-order valence-electron chi connectivity index (χ4n) is 1.52. The number of hydrogen-bond donors (Lipinski definition) is 1. The standard InChI is InChI=1S/C10H10N4OS/c1-6-12-5-8(16-6)10-13-4-7-9(14-10)11-2-3-15-7/h4-5H,2-3H2,1H3,(H,11,13,14). The maximum Gasteiger partial charge on any atom is 0.179 e. The van der Waals surface area contributed by atoms with Crippen molar-refractivity contribution in [3.05, 3.63) is 17.4 Å². The van der Waals surface area contributed by atoms with Crippen molar-refractivity contribution in [3.8, 4) is 16.5 Å². The summed E-state index contributed by atoms with van der Waals surface area (Å²) >= 11 is 1.59. The highest BCUT2D eigenvalue weighted by Crippen LogP contribution is 2.28. The number of aryl methyl sites for hydroxylation is 1. The van der Waals surface area contributed by atoms with E-state index in [1.165, 1.54) is 0 Å². The lowest BCUT2D eigenvalue weighted by Gasteiger charge is -2.17. The zero-order valence-corrected chi connectivity index (χ0v) is 9.54. The van der Waals surface area contributed by atoms with Crippen molar-refractivity contribution in [2.75, 3.05) is 18.5 Å². The smallest absolute Gasteiger partial charge is 0.179 e. The van der Waals surface area contributed by atoms with Crippen LogP contribution in [0.2, 0.25) is 0 Å². The highest BCUT2D eigenvalue weighted by Gasteiger charge is 2.14. The Morgan fingerprint density at radius 2 is 2.31 bits per heavy atom. The summed E-state index contributed by atoms with van der Waals surface area (Å²) < 4.78 is 5.42. The van der Waals surface area contributed by atoms with Crippen molar-refractivity contribution in [1.29, 1.82) is 0 Å². The van der Waals surface area contributed by atoms with Gasteiger partial charge in [0.1, 0.15) is 6.61 Å². The fraction of sp³-hybridized carbons (Fsp3) is 0.300. The van der Waals surface area contributed by atoms with E-state index in [0.717, 1.165) is 28.0 Å². The monoisotopic (exact) mass is 234 g/mol. The Hall–Kier alpha value is -1.69. The summed E-state index contributed by atoms with van der Waals surface area (Å²) in [5, 5.41) is 4.20. The minimum absolute atomic E-state index is 0.662. The van der Waals surface area contributed by atoms with Crippen LogP contribution in [-0.4, -0.2) is 28.1 Å². The molecular weight excluding hydrogens is 224 g/mol. The number of thiazole rings is 1. The molecule has 0 spiro atoms. The van der Waals surface area contributed by atoms with Crippen LogP contribution in [0.5, 0.6) is 5.75 Å². The molecule has 16 heavy (non-hydrogen) atoms. The molecule has 0 atom stereocenters. The van der Waals surface area contributed by atoms with Crippen molar-refractivity contribution < 1.29 is 4.74 Å². The molecule has 2 aromatic heterocycles. The van der Waals surface area contributed by atoms with Gasteiger partial charge in [0, 0.05) is 6.20 Å². The molecule has 5 nitrogen and oxygen atoms in total. The Kier molecular flexibility index (Phi) is 2.21. The first-order chi connectivity index (χ1) is 7.83. The van der Waals surface area contributed by atoms with E-state index in [9.17, 15) is 0 Å². The van der Waals surface area contributed by atoms with Crippen molar-refractivity contribution in [2.45, 2.75) is 6.92 Å².